The van der Waals surface area contributed by atoms with Crippen molar-refractivity contribution in [2.45, 2.75) is 38.6 Å². The minimum Gasteiger partial charge on any atom is -0.324 e. The van der Waals surface area contributed by atoms with E-state index in [9.17, 15) is 4.39 Å². The first kappa shape index (κ1) is 12.4. The summed E-state index contributed by atoms with van der Waals surface area (Å²) in [6.45, 7) is 1.77. The Morgan fingerprint density at radius 3 is 2.72 bits per heavy atom. The highest BCUT2D eigenvalue weighted by atomic mass is 35.5. The second kappa shape index (κ2) is 4.50. The third-order valence-electron chi connectivity index (χ3n) is 4.89. The van der Waals surface area contributed by atoms with Crippen LogP contribution in [0.25, 0.3) is 0 Å². The Hall–Kier alpha value is -0.600. The summed E-state index contributed by atoms with van der Waals surface area (Å²) in [4.78, 5) is 0. The van der Waals surface area contributed by atoms with Crippen LogP contribution in [-0.4, -0.2) is 0 Å². The highest BCUT2D eigenvalue weighted by molar-refractivity contribution is 6.31. The van der Waals surface area contributed by atoms with Gasteiger partial charge in [0.25, 0.3) is 0 Å². The molecule has 1 aromatic carbocycles. The molecular formula is C15H19ClFN. The molecule has 0 aromatic heterocycles. The van der Waals surface area contributed by atoms with Crippen LogP contribution in [0.15, 0.2) is 12.1 Å². The molecule has 2 N–H and O–H groups in total. The third-order valence-corrected chi connectivity index (χ3v) is 5.22. The number of hydrogen-bond acceptors (Lipinski definition) is 1. The van der Waals surface area contributed by atoms with Gasteiger partial charge in [-0.15, -0.1) is 0 Å². The first-order chi connectivity index (χ1) is 8.56. The van der Waals surface area contributed by atoms with Crippen LogP contribution in [0.2, 0.25) is 5.02 Å². The maximum absolute atomic E-state index is 13.4. The SMILES string of the molecule is Cc1cc(C(N)C2CC3CCC2C3)c(Cl)cc1F. The number of aryl methyl sites for hydroxylation is 1. The fourth-order valence-electron chi connectivity index (χ4n) is 3.90. The van der Waals surface area contributed by atoms with Crippen LogP contribution in [0, 0.1) is 30.5 Å². The number of hydrogen-bond donors (Lipinski definition) is 1. The van der Waals surface area contributed by atoms with Gasteiger partial charge in [-0.05, 0) is 61.1 Å². The molecule has 2 bridgehead atoms. The van der Waals surface area contributed by atoms with E-state index in [0.29, 0.717) is 16.5 Å². The highest BCUT2D eigenvalue weighted by Gasteiger charge is 2.42. The van der Waals surface area contributed by atoms with Gasteiger partial charge in [0.15, 0.2) is 0 Å². The van der Waals surface area contributed by atoms with E-state index in [0.717, 1.165) is 17.4 Å². The summed E-state index contributed by atoms with van der Waals surface area (Å²) < 4.78 is 13.4. The Morgan fingerprint density at radius 2 is 2.11 bits per heavy atom. The van der Waals surface area contributed by atoms with Gasteiger partial charge in [0.05, 0.1) is 0 Å². The van der Waals surface area contributed by atoms with Gasteiger partial charge in [0.2, 0.25) is 0 Å². The predicted molar refractivity (Wildman–Crippen MR) is 72.0 cm³/mol. The summed E-state index contributed by atoms with van der Waals surface area (Å²) in [6.07, 6.45) is 5.22. The largest absolute Gasteiger partial charge is 0.324 e. The van der Waals surface area contributed by atoms with Crippen molar-refractivity contribution in [3.05, 3.63) is 34.1 Å². The monoisotopic (exact) mass is 267 g/mol. The quantitative estimate of drug-likeness (QED) is 0.853. The normalized spacial score (nSPS) is 31.9. The lowest BCUT2D eigenvalue weighted by molar-refractivity contribution is 0.284. The van der Waals surface area contributed by atoms with Crippen molar-refractivity contribution in [2.24, 2.45) is 23.5 Å². The summed E-state index contributed by atoms with van der Waals surface area (Å²) in [7, 11) is 0. The van der Waals surface area contributed by atoms with Crippen molar-refractivity contribution in [2.75, 3.05) is 0 Å². The molecular weight excluding hydrogens is 249 g/mol. The van der Waals surface area contributed by atoms with E-state index < -0.39 is 0 Å². The van der Waals surface area contributed by atoms with Gasteiger partial charge >= 0.3 is 0 Å². The van der Waals surface area contributed by atoms with Crippen molar-refractivity contribution in [1.29, 1.82) is 0 Å². The summed E-state index contributed by atoms with van der Waals surface area (Å²) in [6, 6.07) is 3.19. The van der Waals surface area contributed by atoms with Gasteiger partial charge in [0.1, 0.15) is 5.82 Å². The summed E-state index contributed by atoms with van der Waals surface area (Å²) in [5.74, 6) is 1.91. The maximum atomic E-state index is 13.4. The van der Waals surface area contributed by atoms with Gasteiger partial charge in [-0.3, -0.25) is 0 Å². The van der Waals surface area contributed by atoms with E-state index >= 15 is 0 Å². The minimum absolute atomic E-state index is 0.0351. The smallest absolute Gasteiger partial charge is 0.127 e. The van der Waals surface area contributed by atoms with Gasteiger partial charge in [-0.1, -0.05) is 24.1 Å². The molecule has 0 heterocycles. The van der Waals surface area contributed by atoms with Crippen molar-refractivity contribution in [3.8, 4) is 0 Å². The molecule has 3 rings (SSSR count). The summed E-state index contributed by atoms with van der Waals surface area (Å²) in [5.41, 5.74) is 7.96. The van der Waals surface area contributed by atoms with Gasteiger partial charge in [0, 0.05) is 11.1 Å². The van der Waals surface area contributed by atoms with Crippen LogP contribution in [0.1, 0.15) is 42.9 Å². The lowest BCUT2D eigenvalue weighted by atomic mass is 9.80. The number of fused-ring (bicyclic) bond motifs is 2. The highest BCUT2D eigenvalue weighted by Crippen LogP contribution is 2.52. The molecule has 18 heavy (non-hydrogen) atoms. The third kappa shape index (κ3) is 1.96. The molecule has 98 valence electrons. The van der Waals surface area contributed by atoms with Crippen LogP contribution in [0.5, 0.6) is 0 Å². The Bertz CT molecular complexity index is 474. The van der Waals surface area contributed by atoms with Crippen LogP contribution in [0.3, 0.4) is 0 Å². The molecule has 1 aromatic rings. The molecule has 2 saturated carbocycles. The van der Waals surface area contributed by atoms with E-state index in [4.69, 9.17) is 17.3 Å². The van der Waals surface area contributed by atoms with E-state index in [-0.39, 0.29) is 11.9 Å². The molecule has 3 heteroatoms. The molecule has 4 atom stereocenters. The molecule has 0 amide bonds. The van der Waals surface area contributed by atoms with Gasteiger partial charge in [-0.25, -0.2) is 4.39 Å². The van der Waals surface area contributed by atoms with Crippen LogP contribution in [0.4, 0.5) is 4.39 Å². The van der Waals surface area contributed by atoms with Crippen LogP contribution >= 0.6 is 11.6 Å². The van der Waals surface area contributed by atoms with E-state index in [1.807, 2.05) is 6.07 Å². The van der Waals surface area contributed by atoms with Crippen LogP contribution in [-0.2, 0) is 0 Å². The van der Waals surface area contributed by atoms with Crippen molar-refractivity contribution in [1.82, 2.24) is 0 Å². The zero-order chi connectivity index (χ0) is 12.9. The Morgan fingerprint density at radius 1 is 1.33 bits per heavy atom. The van der Waals surface area contributed by atoms with Crippen molar-refractivity contribution >= 4 is 11.6 Å². The van der Waals surface area contributed by atoms with Crippen molar-refractivity contribution in [3.63, 3.8) is 0 Å². The molecule has 0 radical (unpaired) electrons. The fourth-order valence-corrected chi connectivity index (χ4v) is 4.18. The number of rotatable bonds is 2. The maximum Gasteiger partial charge on any atom is 0.127 e. The number of halogens is 2. The molecule has 1 nitrogen and oxygen atoms in total. The predicted octanol–water partition coefficient (Wildman–Crippen LogP) is 4.22. The lowest BCUT2D eigenvalue weighted by Gasteiger charge is -2.28. The van der Waals surface area contributed by atoms with E-state index in [2.05, 4.69) is 0 Å². The molecule has 2 aliphatic carbocycles. The van der Waals surface area contributed by atoms with Gasteiger partial charge < -0.3 is 5.73 Å². The average Bonchev–Trinajstić information content (AvgIpc) is 2.95. The Balaban J connectivity index is 1.88. The van der Waals surface area contributed by atoms with Crippen LogP contribution < -0.4 is 5.73 Å². The molecule has 4 unspecified atom stereocenters. The molecule has 0 aliphatic heterocycles. The van der Waals surface area contributed by atoms with E-state index in [1.54, 1.807) is 6.92 Å². The first-order valence-electron chi connectivity index (χ1n) is 6.77. The molecule has 0 saturated heterocycles. The zero-order valence-electron chi connectivity index (χ0n) is 10.6. The van der Waals surface area contributed by atoms with Gasteiger partial charge in [-0.2, -0.15) is 0 Å². The number of nitrogens with two attached hydrogens (primary N) is 1. The molecule has 2 aliphatic rings. The fraction of sp³-hybridized carbons (Fsp3) is 0.600. The summed E-state index contributed by atoms with van der Waals surface area (Å²) in [5, 5.41) is 0.480. The Labute approximate surface area is 113 Å². The molecule has 0 spiro atoms. The minimum atomic E-state index is -0.246. The standard InChI is InChI=1S/C15H19ClFN/c1-8-4-12(13(16)7-14(8)17)15(18)11-6-9-2-3-10(11)5-9/h4,7,9-11,15H,2-3,5-6,18H2,1H3. The van der Waals surface area contributed by atoms with E-state index in [1.165, 1.54) is 31.7 Å². The average molecular weight is 268 g/mol. The number of benzene rings is 1. The first-order valence-corrected chi connectivity index (χ1v) is 7.15. The Kier molecular flexibility index (Phi) is 3.11. The molecule has 2 fully saturated rings. The lowest BCUT2D eigenvalue weighted by Crippen LogP contribution is -2.26. The second-order valence-corrected chi connectivity index (χ2v) is 6.39. The topological polar surface area (TPSA) is 26.0 Å². The zero-order valence-corrected chi connectivity index (χ0v) is 11.4. The summed E-state index contributed by atoms with van der Waals surface area (Å²) >= 11 is 6.16. The van der Waals surface area contributed by atoms with Crippen molar-refractivity contribution < 1.29 is 4.39 Å². The second-order valence-electron chi connectivity index (χ2n) is 5.99.